The Labute approximate surface area is 162 Å². The summed E-state index contributed by atoms with van der Waals surface area (Å²) in [5, 5.41) is 5.61. The number of amides is 2. The lowest BCUT2D eigenvalue weighted by Gasteiger charge is -2.11. The molecule has 0 heterocycles. The number of benzene rings is 2. The van der Waals surface area contributed by atoms with E-state index in [4.69, 9.17) is 4.74 Å². The van der Waals surface area contributed by atoms with Crippen molar-refractivity contribution in [2.45, 2.75) is 26.7 Å². The minimum atomic E-state index is -0.195. The summed E-state index contributed by atoms with van der Waals surface area (Å²) in [6.07, 6.45) is 1.15. The SMILES string of the molecule is CCCOc1ccc(NC(=O)CCNC(=O)c2ccc(Br)cc2)c(C)c1. The molecule has 0 aliphatic heterocycles. The first kappa shape index (κ1) is 20.0. The first-order chi connectivity index (χ1) is 12.5. The molecule has 2 aromatic carbocycles. The molecule has 0 radical (unpaired) electrons. The van der Waals surface area contributed by atoms with Crippen LogP contribution in [0, 0.1) is 6.92 Å². The fraction of sp³-hybridized carbons (Fsp3) is 0.300. The second kappa shape index (κ2) is 9.97. The summed E-state index contributed by atoms with van der Waals surface area (Å²) >= 11 is 3.33. The molecule has 5 nitrogen and oxygen atoms in total. The number of anilines is 1. The molecule has 0 aliphatic rings. The van der Waals surface area contributed by atoms with Gasteiger partial charge in [-0.3, -0.25) is 9.59 Å². The number of halogens is 1. The molecule has 2 amide bonds. The standard InChI is InChI=1S/C20H23BrN2O3/c1-3-12-26-17-8-9-18(14(2)13-17)23-19(24)10-11-22-20(25)15-4-6-16(21)7-5-15/h4-9,13H,3,10-12H2,1-2H3,(H,22,25)(H,23,24). The zero-order valence-corrected chi connectivity index (χ0v) is 16.6. The van der Waals surface area contributed by atoms with Crippen molar-refractivity contribution in [2.24, 2.45) is 0 Å². The Bertz CT molecular complexity index is 760. The highest BCUT2D eigenvalue weighted by Gasteiger charge is 2.08. The fourth-order valence-electron chi connectivity index (χ4n) is 2.29. The van der Waals surface area contributed by atoms with Crippen LogP contribution in [-0.4, -0.2) is 25.0 Å². The second-order valence-corrected chi connectivity index (χ2v) is 6.80. The molecule has 0 unspecified atom stereocenters. The molecular formula is C20H23BrN2O3. The van der Waals surface area contributed by atoms with Crippen molar-refractivity contribution >= 4 is 33.4 Å². The lowest BCUT2D eigenvalue weighted by molar-refractivity contribution is -0.116. The molecule has 0 spiro atoms. The van der Waals surface area contributed by atoms with Gasteiger partial charge in [0, 0.05) is 28.7 Å². The third-order valence-corrected chi connectivity index (χ3v) is 4.22. The highest BCUT2D eigenvalue weighted by molar-refractivity contribution is 9.10. The van der Waals surface area contributed by atoms with Crippen LogP contribution in [0.25, 0.3) is 0 Å². The van der Waals surface area contributed by atoms with Gasteiger partial charge in [0.25, 0.3) is 5.91 Å². The normalized spacial score (nSPS) is 10.3. The van der Waals surface area contributed by atoms with Crippen LogP contribution in [0.3, 0.4) is 0 Å². The van der Waals surface area contributed by atoms with Gasteiger partial charge in [-0.15, -0.1) is 0 Å². The van der Waals surface area contributed by atoms with E-state index in [9.17, 15) is 9.59 Å². The molecule has 6 heteroatoms. The monoisotopic (exact) mass is 418 g/mol. The van der Waals surface area contributed by atoms with E-state index in [0.717, 1.165) is 27.9 Å². The highest BCUT2D eigenvalue weighted by atomic mass is 79.9. The quantitative estimate of drug-likeness (QED) is 0.670. The Morgan fingerprint density at radius 3 is 2.50 bits per heavy atom. The molecule has 0 saturated carbocycles. The summed E-state index contributed by atoms with van der Waals surface area (Å²) < 4.78 is 6.49. The minimum absolute atomic E-state index is 0.147. The number of hydrogen-bond acceptors (Lipinski definition) is 3. The zero-order valence-electron chi connectivity index (χ0n) is 15.0. The first-order valence-corrected chi connectivity index (χ1v) is 9.36. The van der Waals surface area contributed by atoms with Crippen LogP contribution in [0.15, 0.2) is 46.9 Å². The topological polar surface area (TPSA) is 67.4 Å². The summed E-state index contributed by atoms with van der Waals surface area (Å²) in [5.74, 6) is 0.453. The van der Waals surface area contributed by atoms with Crippen LogP contribution in [0.4, 0.5) is 5.69 Å². The second-order valence-electron chi connectivity index (χ2n) is 5.89. The molecule has 2 aromatic rings. The van der Waals surface area contributed by atoms with E-state index in [1.807, 2.05) is 25.1 Å². The van der Waals surface area contributed by atoms with E-state index in [2.05, 4.69) is 33.5 Å². The number of ether oxygens (including phenoxy) is 1. The number of carbonyl (C=O) groups is 2. The number of rotatable bonds is 8. The highest BCUT2D eigenvalue weighted by Crippen LogP contribution is 2.21. The fourth-order valence-corrected chi connectivity index (χ4v) is 2.56. The summed E-state index contributed by atoms with van der Waals surface area (Å²) in [7, 11) is 0. The van der Waals surface area contributed by atoms with Crippen molar-refractivity contribution in [3.8, 4) is 5.75 Å². The molecular weight excluding hydrogens is 396 g/mol. The lowest BCUT2D eigenvalue weighted by Crippen LogP contribution is -2.27. The van der Waals surface area contributed by atoms with Gasteiger partial charge in [-0.2, -0.15) is 0 Å². The average Bonchev–Trinajstić information content (AvgIpc) is 2.62. The number of nitrogens with one attached hydrogen (secondary N) is 2. The Kier molecular flexibility index (Phi) is 7.66. The summed E-state index contributed by atoms with van der Waals surface area (Å²) in [6.45, 7) is 4.92. The van der Waals surface area contributed by atoms with E-state index in [-0.39, 0.29) is 24.8 Å². The molecule has 0 fully saturated rings. The van der Waals surface area contributed by atoms with Crippen molar-refractivity contribution in [2.75, 3.05) is 18.5 Å². The molecule has 2 rings (SSSR count). The number of carbonyl (C=O) groups excluding carboxylic acids is 2. The molecule has 2 N–H and O–H groups in total. The predicted octanol–water partition coefficient (Wildman–Crippen LogP) is 4.30. The molecule has 26 heavy (non-hydrogen) atoms. The summed E-state index contributed by atoms with van der Waals surface area (Å²) in [4.78, 5) is 24.1. The van der Waals surface area contributed by atoms with Crippen LogP contribution in [0.1, 0.15) is 35.7 Å². The summed E-state index contributed by atoms with van der Waals surface area (Å²) in [5.41, 5.74) is 2.25. The Balaban J connectivity index is 1.79. The van der Waals surface area contributed by atoms with Crippen LogP contribution >= 0.6 is 15.9 Å². The van der Waals surface area contributed by atoms with Crippen LogP contribution in [-0.2, 0) is 4.79 Å². The largest absolute Gasteiger partial charge is 0.494 e. The van der Waals surface area contributed by atoms with Crippen molar-refractivity contribution in [3.05, 3.63) is 58.1 Å². The van der Waals surface area contributed by atoms with Crippen molar-refractivity contribution in [1.82, 2.24) is 5.32 Å². The van der Waals surface area contributed by atoms with E-state index in [0.29, 0.717) is 12.2 Å². The maximum absolute atomic E-state index is 12.1. The van der Waals surface area contributed by atoms with Crippen molar-refractivity contribution in [1.29, 1.82) is 0 Å². The van der Waals surface area contributed by atoms with Gasteiger partial charge in [-0.1, -0.05) is 22.9 Å². The van der Waals surface area contributed by atoms with Gasteiger partial charge in [-0.05, 0) is 61.4 Å². The Hall–Kier alpha value is -2.34. The van der Waals surface area contributed by atoms with Crippen molar-refractivity contribution in [3.63, 3.8) is 0 Å². The minimum Gasteiger partial charge on any atom is -0.494 e. The van der Waals surface area contributed by atoms with Gasteiger partial charge < -0.3 is 15.4 Å². The molecule has 0 saturated heterocycles. The summed E-state index contributed by atoms with van der Waals surface area (Å²) in [6, 6.07) is 12.6. The van der Waals surface area contributed by atoms with Gasteiger partial charge >= 0.3 is 0 Å². The molecule has 0 aromatic heterocycles. The smallest absolute Gasteiger partial charge is 0.251 e. The van der Waals surface area contributed by atoms with Gasteiger partial charge in [0.15, 0.2) is 0 Å². The lowest BCUT2D eigenvalue weighted by atomic mass is 10.2. The third kappa shape index (κ3) is 6.19. The Morgan fingerprint density at radius 1 is 1.12 bits per heavy atom. The van der Waals surface area contributed by atoms with Gasteiger partial charge in [-0.25, -0.2) is 0 Å². The van der Waals surface area contributed by atoms with Gasteiger partial charge in [0.05, 0.1) is 6.61 Å². The molecule has 138 valence electrons. The van der Waals surface area contributed by atoms with Crippen LogP contribution < -0.4 is 15.4 Å². The predicted molar refractivity (Wildman–Crippen MR) is 107 cm³/mol. The van der Waals surface area contributed by atoms with Crippen LogP contribution in [0.2, 0.25) is 0 Å². The van der Waals surface area contributed by atoms with E-state index >= 15 is 0 Å². The maximum Gasteiger partial charge on any atom is 0.251 e. The van der Waals surface area contributed by atoms with E-state index < -0.39 is 0 Å². The number of hydrogen-bond donors (Lipinski definition) is 2. The number of aryl methyl sites for hydroxylation is 1. The molecule has 0 atom stereocenters. The zero-order chi connectivity index (χ0) is 18.9. The maximum atomic E-state index is 12.1. The van der Waals surface area contributed by atoms with Gasteiger partial charge in [0.2, 0.25) is 5.91 Å². The average molecular weight is 419 g/mol. The van der Waals surface area contributed by atoms with Crippen LogP contribution in [0.5, 0.6) is 5.75 Å². The first-order valence-electron chi connectivity index (χ1n) is 8.56. The van der Waals surface area contributed by atoms with E-state index in [1.54, 1.807) is 24.3 Å². The van der Waals surface area contributed by atoms with Gasteiger partial charge in [0.1, 0.15) is 5.75 Å². The molecule has 0 bridgehead atoms. The molecule has 0 aliphatic carbocycles. The Morgan fingerprint density at radius 2 is 1.85 bits per heavy atom. The van der Waals surface area contributed by atoms with Crippen molar-refractivity contribution < 1.29 is 14.3 Å². The van der Waals surface area contributed by atoms with E-state index in [1.165, 1.54) is 0 Å². The third-order valence-electron chi connectivity index (χ3n) is 3.69.